The van der Waals surface area contributed by atoms with Gasteiger partial charge in [0, 0.05) is 13.0 Å². The van der Waals surface area contributed by atoms with Crippen molar-refractivity contribution in [2.45, 2.75) is 51.5 Å². The Morgan fingerprint density at radius 3 is 2.54 bits per heavy atom. The first-order chi connectivity index (χ1) is 11.3. The number of benzene rings is 1. The third-order valence-corrected chi connectivity index (χ3v) is 3.66. The van der Waals surface area contributed by atoms with E-state index in [1.54, 1.807) is 20.8 Å². The van der Waals surface area contributed by atoms with E-state index in [0.29, 0.717) is 13.0 Å². The van der Waals surface area contributed by atoms with Gasteiger partial charge in [0.15, 0.2) is 0 Å². The van der Waals surface area contributed by atoms with Gasteiger partial charge in [-0.05, 0) is 33.1 Å². The standard InChI is InChI=1S/C18H24N2O4/c1-18(2,3)24-17(22)20-11-14(19-4)10-15(20)16(21)23-12-13-8-6-5-7-9-13/h5-9,14-15H,4,10-12H2,1-3H3/t14-,15+/m1/s1. The molecule has 1 aromatic carbocycles. The molecule has 1 fully saturated rings. The zero-order chi connectivity index (χ0) is 17.7. The third kappa shape index (κ3) is 4.81. The molecule has 1 aromatic rings. The topological polar surface area (TPSA) is 68.2 Å². The molecule has 6 nitrogen and oxygen atoms in total. The Hall–Kier alpha value is -2.37. The Morgan fingerprint density at radius 1 is 1.29 bits per heavy atom. The lowest BCUT2D eigenvalue weighted by Crippen LogP contribution is -2.44. The van der Waals surface area contributed by atoms with Crippen LogP contribution in [0.15, 0.2) is 35.3 Å². The van der Waals surface area contributed by atoms with Crippen LogP contribution in [-0.2, 0) is 20.9 Å². The van der Waals surface area contributed by atoms with Crippen molar-refractivity contribution in [2.24, 2.45) is 4.99 Å². The molecule has 0 N–H and O–H groups in total. The van der Waals surface area contributed by atoms with Crippen molar-refractivity contribution in [3.8, 4) is 0 Å². The fourth-order valence-electron chi connectivity index (χ4n) is 2.52. The molecule has 0 spiro atoms. The van der Waals surface area contributed by atoms with Crippen LogP contribution in [0.1, 0.15) is 32.8 Å². The van der Waals surface area contributed by atoms with Crippen molar-refractivity contribution in [2.75, 3.05) is 6.54 Å². The zero-order valence-corrected chi connectivity index (χ0v) is 14.4. The average Bonchev–Trinajstić information content (AvgIpc) is 2.96. The maximum Gasteiger partial charge on any atom is 0.411 e. The zero-order valence-electron chi connectivity index (χ0n) is 14.4. The second-order valence-corrected chi connectivity index (χ2v) is 6.81. The molecule has 130 valence electrons. The number of hydrogen-bond donors (Lipinski definition) is 0. The van der Waals surface area contributed by atoms with Crippen LogP contribution in [0.2, 0.25) is 0 Å². The van der Waals surface area contributed by atoms with Gasteiger partial charge in [-0.2, -0.15) is 0 Å². The van der Waals surface area contributed by atoms with Crippen LogP contribution in [0.4, 0.5) is 4.79 Å². The normalized spacial score (nSPS) is 20.5. The molecule has 1 aliphatic heterocycles. The Kier molecular flexibility index (Phi) is 5.59. The Morgan fingerprint density at radius 2 is 1.96 bits per heavy atom. The van der Waals surface area contributed by atoms with Crippen LogP contribution in [0.3, 0.4) is 0 Å². The molecule has 0 aliphatic carbocycles. The number of rotatable bonds is 4. The molecule has 2 rings (SSSR count). The molecule has 1 saturated heterocycles. The number of likely N-dealkylation sites (tertiary alicyclic amines) is 1. The van der Waals surface area contributed by atoms with Crippen molar-refractivity contribution >= 4 is 18.8 Å². The van der Waals surface area contributed by atoms with Gasteiger partial charge in [-0.1, -0.05) is 30.3 Å². The summed E-state index contributed by atoms with van der Waals surface area (Å²) in [5.74, 6) is -0.448. The van der Waals surface area contributed by atoms with E-state index < -0.39 is 23.7 Å². The van der Waals surface area contributed by atoms with Crippen LogP contribution in [0, 0.1) is 0 Å². The molecule has 0 aromatic heterocycles. The minimum absolute atomic E-state index is 0.171. The van der Waals surface area contributed by atoms with Crippen molar-refractivity contribution in [1.82, 2.24) is 4.90 Å². The van der Waals surface area contributed by atoms with Crippen LogP contribution >= 0.6 is 0 Å². The van der Waals surface area contributed by atoms with Crippen molar-refractivity contribution in [3.63, 3.8) is 0 Å². The lowest BCUT2D eigenvalue weighted by molar-refractivity contribution is -0.150. The van der Waals surface area contributed by atoms with E-state index in [9.17, 15) is 9.59 Å². The molecule has 0 bridgehead atoms. The summed E-state index contributed by atoms with van der Waals surface area (Å²) in [5, 5.41) is 0. The van der Waals surface area contributed by atoms with Crippen molar-refractivity contribution in [1.29, 1.82) is 0 Å². The largest absolute Gasteiger partial charge is 0.459 e. The van der Waals surface area contributed by atoms with Gasteiger partial charge < -0.3 is 9.47 Å². The third-order valence-electron chi connectivity index (χ3n) is 3.66. The van der Waals surface area contributed by atoms with Crippen LogP contribution in [-0.4, -0.2) is 47.9 Å². The smallest absolute Gasteiger partial charge is 0.411 e. The second-order valence-electron chi connectivity index (χ2n) is 6.81. The quantitative estimate of drug-likeness (QED) is 0.628. The number of esters is 1. The van der Waals surface area contributed by atoms with Crippen molar-refractivity contribution in [3.05, 3.63) is 35.9 Å². The number of aliphatic imine (C=N–C) groups is 1. The number of nitrogens with zero attached hydrogens (tertiary/aromatic N) is 2. The van der Waals surface area contributed by atoms with Gasteiger partial charge in [0.2, 0.25) is 0 Å². The highest BCUT2D eigenvalue weighted by Gasteiger charge is 2.42. The molecular weight excluding hydrogens is 308 g/mol. The Balaban J connectivity index is 2.02. The minimum atomic E-state index is -0.695. The van der Waals surface area contributed by atoms with Crippen LogP contribution in [0.25, 0.3) is 0 Å². The van der Waals surface area contributed by atoms with E-state index in [-0.39, 0.29) is 12.6 Å². The maximum absolute atomic E-state index is 12.4. The summed E-state index contributed by atoms with van der Waals surface area (Å²) in [7, 11) is 0. The first kappa shape index (κ1) is 18.0. The highest BCUT2D eigenvalue weighted by atomic mass is 16.6. The Labute approximate surface area is 142 Å². The fourth-order valence-corrected chi connectivity index (χ4v) is 2.52. The second kappa shape index (κ2) is 7.47. The van der Waals surface area contributed by atoms with Gasteiger partial charge in [0.25, 0.3) is 0 Å². The molecular formula is C18H24N2O4. The molecule has 1 heterocycles. The van der Waals surface area contributed by atoms with Crippen LogP contribution in [0.5, 0.6) is 0 Å². The minimum Gasteiger partial charge on any atom is -0.459 e. The van der Waals surface area contributed by atoms with E-state index >= 15 is 0 Å². The predicted molar refractivity (Wildman–Crippen MR) is 90.9 cm³/mol. The maximum atomic E-state index is 12.4. The lowest BCUT2D eigenvalue weighted by Gasteiger charge is -2.27. The first-order valence-corrected chi connectivity index (χ1v) is 7.96. The summed E-state index contributed by atoms with van der Waals surface area (Å²) >= 11 is 0. The van der Waals surface area contributed by atoms with E-state index in [1.165, 1.54) is 4.90 Å². The molecule has 2 atom stereocenters. The summed E-state index contributed by atoms with van der Waals surface area (Å²) in [6, 6.07) is 8.52. The molecule has 1 amide bonds. The highest BCUT2D eigenvalue weighted by Crippen LogP contribution is 2.24. The van der Waals surface area contributed by atoms with E-state index in [0.717, 1.165) is 5.56 Å². The Bertz CT molecular complexity index is 595. The summed E-state index contributed by atoms with van der Waals surface area (Å²) in [4.78, 5) is 30.1. The van der Waals surface area contributed by atoms with Crippen molar-refractivity contribution < 1.29 is 19.1 Å². The summed E-state index contributed by atoms with van der Waals surface area (Å²) in [6.45, 7) is 9.35. The number of carbonyl (C=O) groups excluding carboxylic acids is 2. The summed E-state index contributed by atoms with van der Waals surface area (Å²) in [5.41, 5.74) is 0.265. The predicted octanol–water partition coefficient (Wildman–Crippen LogP) is 2.81. The molecule has 1 aliphatic rings. The van der Waals surface area contributed by atoms with Gasteiger partial charge >= 0.3 is 12.1 Å². The molecule has 0 radical (unpaired) electrons. The monoisotopic (exact) mass is 332 g/mol. The number of carbonyl (C=O) groups is 2. The van der Waals surface area contributed by atoms with Crippen LogP contribution < -0.4 is 0 Å². The van der Waals surface area contributed by atoms with Gasteiger partial charge in [-0.3, -0.25) is 9.89 Å². The number of amides is 1. The summed E-state index contributed by atoms with van der Waals surface area (Å²) in [6.07, 6.45) is -0.133. The fraction of sp³-hybridized carbons (Fsp3) is 0.500. The lowest BCUT2D eigenvalue weighted by atomic mass is 10.2. The van der Waals surface area contributed by atoms with Gasteiger partial charge in [0.1, 0.15) is 18.2 Å². The molecule has 6 heteroatoms. The number of ether oxygens (including phenoxy) is 2. The molecule has 0 unspecified atom stereocenters. The first-order valence-electron chi connectivity index (χ1n) is 7.96. The molecule has 24 heavy (non-hydrogen) atoms. The molecule has 0 saturated carbocycles. The van der Waals surface area contributed by atoms with E-state index in [4.69, 9.17) is 9.47 Å². The SMILES string of the molecule is C=N[C@@H]1C[C@@H](C(=O)OCc2ccccc2)N(C(=O)OC(C)(C)C)C1. The highest BCUT2D eigenvalue weighted by molar-refractivity contribution is 5.82. The average molecular weight is 332 g/mol. The summed E-state index contributed by atoms with van der Waals surface area (Å²) < 4.78 is 10.7. The van der Waals surface area contributed by atoms with Gasteiger partial charge in [0.05, 0.1) is 6.04 Å². The van der Waals surface area contributed by atoms with Gasteiger partial charge in [-0.25, -0.2) is 9.59 Å². The van der Waals surface area contributed by atoms with Gasteiger partial charge in [-0.15, -0.1) is 0 Å². The number of hydrogen-bond acceptors (Lipinski definition) is 5. The van der Waals surface area contributed by atoms with E-state index in [2.05, 4.69) is 11.7 Å². The van der Waals surface area contributed by atoms with E-state index in [1.807, 2.05) is 30.3 Å².